The van der Waals surface area contributed by atoms with Gasteiger partial charge in [0.25, 0.3) is 5.85 Å². The number of hydrogen-bond donors (Lipinski definition) is 3. The average molecular weight is 601 g/mol. The van der Waals surface area contributed by atoms with Crippen molar-refractivity contribution in [2.45, 2.75) is 83.3 Å². The number of alkyl halides is 1. The third kappa shape index (κ3) is 5.42. The summed E-state index contributed by atoms with van der Waals surface area (Å²) in [4.78, 5) is 14.7. The number of hydrogen-bond acceptors (Lipinski definition) is 9. The molecule has 2 aliphatic rings. The summed E-state index contributed by atoms with van der Waals surface area (Å²) >= 11 is 4.95. The molecule has 1 fully saturated rings. The van der Waals surface area contributed by atoms with Crippen molar-refractivity contribution in [2.24, 2.45) is 0 Å². The molecule has 0 saturated carbocycles. The predicted octanol–water partition coefficient (Wildman–Crippen LogP) is 4.27. The van der Waals surface area contributed by atoms with Gasteiger partial charge >= 0.3 is 13.5 Å². The van der Waals surface area contributed by atoms with Gasteiger partial charge in [-0.05, 0) is 22.5 Å². The van der Waals surface area contributed by atoms with Gasteiger partial charge in [0.05, 0.1) is 17.7 Å². The van der Waals surface area contributed by atoms with Crippen LogP contribution in [0.2, 0.25) is 0 Å². The van der Waals surface area contributed by atoms with Gasteiger partial charge in [-0.3, -0.25) is 18.6 Å². The van der Waals surface area contributed by atoms with E-state index in [2.05, 4.69) is 10.9 Å². The van der Waals surface area contributed by atoms with Crippen LogP contribution in [0, 0.1) is 22.8 Å². The lowest BCUT2D eigenvalue weighted by Crippen LogP contribution is -2.43. The van der Waals surface area contributed by atoms with Crippen LogP contribution >= 0.6 is 20.0 Å². The number of aliphatic hydroxyl groups excluding tert-OH is 2. The lowest BCUT2D eigenvalue weighted by molar-refractivity contribution is -0.205. The molecule has 0 spiro atoms. The number of phosphoric ester groups is 1. The van der Waals surface area contributed by atoms with Gasteiger partial charge in [-0.15, -0.1) is 6.42 Å². The summed E-state index contributed by atoms with van der Waals surface area (Å²) in [6, 6.07) is 1.64. The first-order chi connectivity index (χ1) is 18.3. The molecule has 0 radical (unpaired) electrons. The fraction of sp³-hybridized carbons (Fsp3) is 0.538. The number of halogens is 2. The Morgan fingerprint density at radius 3 is 2.48 bits per heavy atom. The van der Waals surface area contributed by atoms with Crippen LogP contribution in [0.5, 0.6) is 5.75 Å². The molecule has 3 N–H and O–H groups in total. The predicted molar refractivity (Wildman–Crippen MR) is 143 cm³/mol. The van der Waals surface area contributed by atoms with Gasteiger partial charge in [0, 0.05) is 11.8 Å². The summed E-state index contributed by atoms with van der Waals surface area (Å²) in [5, 5.41) is 20.9. The minimum atomic E-state index is -4.57. The van der Waals surface area contributed by atoms with Crippen LogP contribution in [0.3, 0.4) is 0 Å². The Labute approximate surface area is 234 Å². The number of rotatable bonds is 4. The largest absolute Gasteiger partial charge is 0.530 e. The van der Waals surface area contributed by atoms with Gasteiger partial charge in [0.2, 0.25) is 0 Å². The zero-order valence-corrected chi connectivity index (χ0v) is 24.5. The summed E-state index contributed by atoms with van der Waals surface area (Å²) in [7, 11) is -4.57. The highest BCUT2D eigenvalue weighted by atomic mass is 32.1. The maximum Gasteiger partial charge on any atom is 0.530 e. The number of fused-ring (bicyclic) bond motifs is 1. The Bertz CT molecular complexity index is 1550. The smallest absolute Gasteiger partial charge is 0.403 e. The minimum Gasteiger partial charge on any atom is -0.403 e. The van der Waals surface area contributed by atoms with Crippen LogP contribution in [0.1, 0.15) is 70.0 Å². The van der Waals surface area contributed by atoms with E-state index >= 15 is 8.78 Å². The Kier molecular flexibility index (Phi) is 7.73. The first-order valence-electron chi connectivity index (χ1n) is 12.3. The van der Waals surface area contributed by atoms with E-state index in [4.69, 9.17) is 36.9 Å². The number of H-pyrrole nitrogens is 1. The standard InChI is InChI=1S/C26H31F2N2O8PS/c1-8-13-10-30(23(33)29-21(13)40)22-18(31)20(32)26(28,37-22)12-36-39(34)35-11-14-17(27)15(24(2,3)4)9-16(19(14)38-39)25(5,6)7/h1,9-10,18,20,22,31-32H,11-12H2,2-7H3,(H,29,33,40)/t18-,20+,22-,26-,39?/m1/s1. The highest BCUT2D eigenvalue weighted by molar-refractivity contribution is 7.71. The molecular weight excluding hydrogens is 569 g/mol. The minimum absolute atomic E-state index is 0.0418. The van der Waals surface area contributed by atoms with Crippen molar-refractivity contribution < 1.29 is 41.9 Å². The van der Waals surface area contributed by atoms with Crippen molar-refractivity contribution >= 4 is 20.0 Å². The zero-order valence-electron chi connectivity index (χ0n) is 22.8. The van der Waals surface area contributed by atoms with Gasteiger partial charge in [0.1, 0.15) is 35.0 Å². The Balaban J connectivity index is 1.62. The molecule has 2 aliphatic heterocycles. The number of ether oxygens (including phenoxy) is 1. The van der Waals surface area contributed by atoms with Crippen molar-refractivity contribution in [3.63, 3.8) is 0 Å². The summed E-state index contributed by atoms with van der Waals surface area (Å²) in [5.41, 5.74) is -0.983. The van der Waals surface area contributed by atoms with Crippen molar-refractivity contribution in [3.05, 3.63) is 55.5 Å². The molecule has 10 nitrogen and oxygen atoms in total. The average Bonchev–Trinajstić information content (AvgIpc) is 3.06. The number of terminal acetylenes is 1. The van der Waals surface area contributed by atoms with E-state index in [9.17, 15) is 19.6 Å². The molecule has 218 valence electrons. The summed E-state index contributed by atoms with van der Waals surface area (Å²) in [6.07, 6.45) is 0.462. The third-order valence-electron chi connectivity index (χ3n) is 6.69. The van der Waals surface area contributed by atoms with Crippen molar-refractivity contribution in [3.8, 4) is 18.1 Å². The van der Waals surface area contributed by atoms with E-state index in [1.807, 2.05) is 41.5 Å². The first-order valence-corrected chi connectivity index (χ1v) is 14.2. The second-order valence-electron chi connectivity index (χ2n) is 11.8. The van der Waals surface area contributed by atoms with E-state index in [1.165, 1.54) is 0 Å². The summed E-state index contributed by atoms with van der Waals surface area (Å²) in [5.74, 6) is -1.55. The lowest BCUT2D eigenvalue weighted by Gasteiger charge is -2.34. The molecule has 14 heteroatoms. The number of nitrogens with zero attached hydrogens (tertiary/aromatic N) is 1. The Hall–Kier alpha value is -2.43. The second kappa shape index (κ2) is 10.1. The van der Waals surface area contributed by atoms with E-state index in [0.717, 1.165) is 10.8 Å². The lowest BCUT2D eigenvalue weighted by atomic mass is 9.78. The van der Waals surface area contributed by atoms with Crippen molar-refractivity contribution in [1.29, 1.82) is 0 Å². The number of aromatic nitrogens is 2. The van der Waals surface area contributed by atoms with Crippen LogP contribution in [0.25, 0.3) is 0 Å². The molecule has 2 aromatic rings. The third-order valence-corrected chi connectivity index (χ3v) is 8.30. The Morgan fingerprint density at radius 2 is 1.90 bits per heavy atom. The summed E-state index contributed by atoms with van der Waals surface area (Å²) < 4.78 is 66.6. The quantitative estimate of drug-likeness (QED) is 0.267. The molecular formula is C26H31F2N2O8PS. The fourth-order valence-corrected chi connectivity index (χ4v) is 5.85. The first kappa shape index (κ1) is 30.5. The monoisotopic (exact) mass is 600 g/mol. The number of aromatic amines is 1. The number of nitrogens with one attached hydrogen (secondary N) is 1. The molecule has 3 heterocycles. The van der Waals surface area contributed by atoms with E-state index in [0.29, 0.717) is 11.1 Å². The van der Waals surface area contributed by atoms with Gasteiger partial charge in [0.15, 0.2) is 6.23 Å². The summed E-state index contributed by atoms with van der Waals surface area (Å²) in [6.45, 7) is 9.41. The van der Waals surface area contributed by atoms with Crippen LogP contribution in [0.15, 0.2) is 17.1 Å². The van der Waals surface area contributed by atoms with Crippen LogP contribution < -0.4 is 10.2 Å². The Morgan fingerprint density at radius 1 is 1.27 bits per heavy atom. The van der Waals surface area contributed by atoms with Crippen molar-refractivity contribution in [2.75, 3.05) is 6.61 Å². The maximum atomic E-state index is 15.8. The molecule has 0 aliphatic carbocycles. The zero-order chi connectivity index (χ0) is 30.0. The molecule has 1 saturated heterocycles. The molecule has 5 atom stereocenters. The van der Waals surface area contributed by atoms with Gasteiger partial charge in [-0.1, -0.05) is 59.7 Å². The van der Waals surface area contributed by atoms with Crippen LogP contribution in [-0.2, 0) is 35.8 Å². The fourth-order valence-electron chi connectivity index (χ4n) is 4.42. The van der Waals surface area contributed by atoms with E-state index in [-0.39, 0.29) is 21.5 Å². The molecule has 0 amide bonds. The molecule has 1 aromatic heterocycles. The molecule has 0 bridgehead atoms. The van der Waals surface area contributed by atoms with Crippen LogP contribution in [-0.4, -0.2) is 44.4 Å². The van der Waals surface area contributed by atoms with E-state index in [1.54, 1.807) is 6.07 Å². The molecule has 1 aromatic carbocycles. The number of aliphatic hydroxyl groups is 2. The number of phosphoric acid groups is 1. The van der Waals surface area contributed by atoms with Gasteiger partial charge in [-0.2, -0.15) is 0 Å². The second-order valence-corrected chi connectivity index (χ2v) is 13.8. The normalized spacial score (nSPS) is 28.6. The molecule has 40 heavy (non-hydrogen) atoms. The highest BCUT2D eigenvalue weighted by Gasteiger charge is 2.58. The molecule has 4 rings (SSSR count). The highest BCUT2D eigenvalue weighted by Crippen LogP contribution is 2.58. The van der Waals surface area contributed by atoms with Gasteiger partial charge in [-0.25, -0.2) is 18.1 Å². The number of benzene rings is 1. The van der Waals surface area contributed by atoms with Gasteiger partial charge < -0.3 is 19.5 Å². The maximum absolute atomic E-state index is 15.8. The van der Waals surface area contributed by atoms with Crippen LogP contribution in [0.4, 0.5) is 8.78 Å². The topological polar surface area (TPSA) is 132 Å². The van der Waals surface area contributed by atoms with Crippen molar-refractivity contribution in [1.82, 2.24) is 9.55 Å². The van der Waals surface area contributed by atoms with E-state index < -0.39 is 67.7 Å². The molecule has 1 unspecified atom stereocenters. The SMILES string of the molecule is C#Cc1cn([C@@H]2O[C@](F)(COP3(=O)OCc4c(F)c(C(C)(C)C)cc(C(C)(C)C)c4O3)[C@@H](O)[C@H]2O)c(=O)[nH]c1=S.